The number of nitrogens with one attached hydrogen (secondary N) is 1. The van der Waals surface area contributed by atoms with Crippen LogP contribution in [0.2, 0.25) is 0 Å². The Hall–Kier alpha value is -0.530. The lowest BCUT2D eigenvalue weighted by atomic mass is 10.8. The first kappa shape index (κ1) is 16.5. The topological polar surface area (TPSA) is 83.5 Å². The normalized spacial score (nSPS) is 17.6. The van der Waals surface area contributed by atoms with Crippen LogP contribution in [-0.2, 0) is 20.0 Å². The molecule has 0 heterocycles. The van der Waals surface area contributed by atoms with Gasteiger partial charge in [0.1, 0.15) is 5.37 Å². The van der Waals surface area contributed by atoms with Gasteiger partial charge in [-0.25, -0.2) is 12.6 Å². The lowest BCUT2D eigenvalue weighted by molar-refractivity contribution is -0.106. The van der Waals surface area contributed by atoms with Gasteiger partial charge >= 0.3 is 12.4 Å². The largest absolute Gasteiger partial charge is 0.420 e. The van der Waals surface area contributed by atoms with E-state index in [1.807, 2.05) is 0 Å². The number of hydrogen-bond acceptors (Lipinski definition) is 3. The maximum atomic E-state index is 11.6. The van der Waals surface area contributed by atoms with Gasteiger partial charge in [-0.15, -0.1) is 4.13 Å². The van der Waals surface area contributed by atoms with Crippen molar-refractivity contribution in [2.75, 3.05) is 5.75 Å². The van der Waals surface area contributed by atoms with Gasteiger partial charge in [-0.2, -0.15) is 26.3 Å². The fourth-order valence-electron chi connectivity index (χ4n) is 0.632. The van der Waals surface area contributed by atoms with Crippen LogP contribution < -0.4 is 4.13 Å². The van der Waals surface area contributed by atoms with Crippen LogP contribution in [0.25, 0.3) is 0 Å². The highest BCUT2D eigenvalue weighted by molar-refractivity contribution is 8.07. The summed E-state index contributed by atoms with van der Waals surface area (Å²) in [6, 6.07) is 0. The molecule has 0 rings (SSSR count). The number of alkyl halides is 6. The van der Waals surface area contributed by atoms with Gasteiger partial charge in [-0.05, 0) is 0 Å². The van der Waals surface area contributed by atoms with E-state index in [0.29, 0.717) is 4.13 Å². The third-order valence-corrected chi connectivity index (χ3v) is 4.16. The molecule has 0 spiro atoms. The fourth-order valence-corrected chi connectivity index (χ4v) is 3.31. The highest BCUT2D eigenvalue weighted by Gasteiger charge is 2.37. The first-order valence-corrected chi connectivity index (χ1v) is 6.62. The molecule has 0 aromatic rings. The molecule has 0 aliphatic heterocycles. The molecule has 0 fully saturated rings. The van der Waals surface area contributed by atoms with E-state index in [1.165, 1.54) is 0 Å². The summed E-state index contributed by atoms with van der Waals surface area (Å²) in [6.07, 6.45) is -10.6. The third-order valence-electron chi connectivity index (χ3n) is 0.893. The van der Waals surface area contributed by atoms with Crippen molar-refractivity contribution in [2.45, 2.75) is 12.4 Å². The monoisotopic (exact) mass is 309 g/mol. The zero-order valence-electron chi connectivity index (χ0n) is 7.54. The average Bonchev–Trinajstić information content (AvgIpc) is 1.65. The molecular weight excluding hydrogens is 304 g/mol. The van der Waals surface area contributed by atoms with Gasteiger partial charge in [0.2, 0.25) is 10.0 Å². The maximum absolute atomic E-state index is 11.6. The Bertz CT molecular complexity index is 481. The van der Waals surface area contributed by atoms with E-state index >= 15 is 0 Å². The highest BCUT2D eigenvalue weighted by Crippen LogP contribution is 2.17. The summed E-state index contributed by atoms with van der Waals surface area (Å²) in [5.41, 5.74) is 0. The molecule has 1 unspecified atom stereocenters. The Kier molecular flexibility index (Phi) is 4.48. The van der Waals surface area contributed by atoms with Crippen molar-refractivity contribution in [2.24, 2.45) is 0 Å². The van der Waals surface area contributed by atoms with E-state index < -0.39 is 43.5 Å². The van der Waals surface area contributed by atoms with Crippen LogP contribution in [-0.4, -0.2) is 40.7 Å². The van der Waals surface area contributed by atoms with Crippen molar-refractivity contribution < 1.29 is 43.5 Å². The van der Waals surface area contributed by atoms with Crippen LogP contribution in [0.3, 0.4) is 0 Å². The summed E-state index contributed by atoms with van der Waals surface area (Å²) >= 11 is 0. The molecule has 104 valence electrons. The van der Waals surface area contributed by atoms with Gasteiger partial charge in [0.15, 0.2) is 15.7 Å². The molecule has 0 amide bonds. The third kappa shape index (κ3) is 9.20. The summed E-state index contributed by atoms with van der Waals surface area (Å²) in [6.45, 7) is 0. The second kappa shape index (κ2) is 4.62. The van der Waals surface area contributed by atoms with Crippen molar-refractivity contribution in [1.29, 1.82) is 0 Å². The maximum Gasteiger partial charge on any atom is 0.420 e. The molecule has 17 heavy (non-hydrogen) atoms. The summed E-state index contributed by atoms with van der Waals surface area (Å²) in [5, 5.41) is -1.26. The van der Waals surface area contributed by atoms with Gasteiger partial charge < -0.3 is 4.55 Å². The predicted molar refractivity (Wildman–Crippen MR) is 45.9 cm³/mol. The number of hydrogen-bond donors (Lipinski definition) is 2. The molecule has 5 nitrogen and oxygen atoms in total. The van der Waals surface area contributed by atoms with E-state index in [1.54, 1.807) is 0 Å². The standard InChI is InChI=1S/C4H5F6NO4S2/c5-3(6,7)1-16(12,13)11-17(14,15)2-4(8,9)10/h1H,2H2,(H2,11,12,13). The Morgan fingerprint density at radius 3 is 1.76 bits per heavy atom. The number of halogens is 6. The fraction of sp³-hybridized carbons (Fsp3) is 0.750. The van der Waals surface area contributed by atoms with Gasteiger partial charge in [-0.1, -0.05) is 0 Å². The van der Waals surface area contributed by atoms with Crippen LogP contribution in [0.15, 0.2) is 0 Å². The lowest BCUT2D eigenvalue weighted by Gasteiger charge is -2.10. The van der Waals surface area contributed by atoms with Gasteiger partial charge in [-0.3, -0.25) is 0 Å². The average molecular weight is 309 g/mol. The Balaban J connectivity index is 5.11. The second-order valence-corrected chi connectivity index (χ2v) is 6.24. The molecule has 0 radical (unpaired) electrons. The minimum atomic E-state index is -5.40. The summed E-state index contributed by atoms with van der Waals surface area (Å²) in [5.74, 6) is -2.57. The van der Waals surface area contributed by atoms with Crippen molar-refractivity contribution in [1.82, 2.24) is 4.13 Å². The molecule has 0 bridgehead atoms. The molecule has 0 saturated heterocycles. The summed E-state index contributed by atoms with van der Waals surface area (Å²) < 4.78 is 110. The van der Waals surface area contributed by atoms with Crippen molar-refractivity contribution in [3.63, 3.8) is 0 Å². The molecule has 0 aromatic heterocycles. The van der Waals surface area contributed by atoms with Crippen molar-refractivity contribution >= 4 is 25.4 Å². The zero-order chi connectivity index (χ0) is 14.1. The van der Waals surface area contributed by atoms with E-state index in [2.05, 4.69) is 0 Å². The Morgan fingerprint density at radius 2 is 1.47 bits per heavy atom. The molecule has 0 saturated carbocycles. The first-order chi connectivity index (χ1) is 7.12. The van der Waals surface area contributed by atoms with Gasteiger partial charge in [0.05, 0.1) is 0 Å². The molecule has 1 atom stereocenters. The SMILES string of the molecule is O=S(=O)(CC(F)(F)F)NS(=O)(O)=CC(F)(F)F. The Labute approximate surface area is 91.8 Å². The predicted octanol–water partition coefficient (Wildman–Crippen LogP) is 0.505. The molecule has 13 heteroatoms. The molecule has 0 aromatic carbocycles. The van der Waals surface area contributed by atoms with Crippen LogP contribution in [0, 0.1) is 0 Å². The van der Waals surface area contributed by atoms with Crippen LogP contribution >= 0.6 is 0 Å². The zero-order valence-corrected chi connectivity index (χ0v) is 9.17. The van der Waals surface area contributed by atoms with E-state index in [4.69, 9.17) is 4.55 Å². The minimum absolute atomic E-state index is 0.406. The molecule has 2 N–H and O–H groups in total. The van der Waals surface area contributed by atoms with Crippen molar-refractivity contribution in [3.05, 3.63) is 0 Å². The van der Waals surface area contributed by atoms with Crippen LogP contribution in [0.5, 0.6) is 0 Å². The van der Waals surface area contributed by atoms with Crippen LogP contribution in [0.4, 0.5) is 26.3 Å². The molecule has 0 aliphatic rings. The number of rotatable bonds is 3. The van der Waals surface area contributed by atoms with Gasteiger partial charge in [0, 0.05) is 0 Å². The smallest absolute Gasteiger partial charge is 0.301 e. The lowest BCUT2D eigenvalue weighted by Crippen LogP contribution is -2.39. The highest BCUT2D eigenvalue weighted by atomic mass is 32.3. The Morgan fingerprint density at radius 1 is 1.06 bits per heavy atom. The summed E-state index contributed by atoms with van der Waals surface area (Å²) in [4.78, 5) is 0. The first-order valence-electron chi connectivity index (χ1n) is 3.39. The molecule has 0 aliphatic carbocycles. The molecular formula is C4H5F6NO4S2. The van der Waals surface area contributed by atoms with E-state index in [9.17, 15) is 39.0 Å². The summed E-state index contributed by atoms with van der Waals surface area (Å²) in [7, 11) is -10.7. The second-order valence-electron chi connectivity index (χ2n) is 2.69. The van der Waals surface area contributed by atoms with E-state index in [0.717, 1.165) is 0 Å². The van der Waals surface area contributed by atoms with Gasteiger partial charge in [0.25, 0.3) is 0 Å². The van der Waals surface area contributed by atoms with E-state index in [-0.39, 0.29) is 0 Å². The van der Waals surface area contributed by atoms with Crippen LogP contribution in [0.1, 0.15) is 0 Å². The minimum Gasteiger partial charge on any atom is -0.301 e. The number of sulfonamides is 1. The van der Waals surface area contributed by atoms with Crippen molar-refractivity contribution in [3.8, 4) is 0 Å². The quantitative estimate of drug-likeness (QED) is 0.587.